The van der Waals surface area contributed by atoms with Crippen molar-refractivity contribution < 1.29 is 5.11 Å². The van der Waals surface area contributed by atoms with E-state index < -0.39 is 0 Å². The van der Waals surface area contributed by atoms with E-state index >= 15 is 0 Å². The molecule has 0 rings (SSSR count). The summed E-state index contributed by atoms with van der Waals surface area (Å²) in [5.74, 6) is 0.380. The normalized spacial score (nSPS) is 14.1. The topological polar surface area (TPSA) is 20.2 Å². The highest BCUT2D eigenvalue weighted by Gasteiger charge is 1.94. The minimum absolute atomic E-state index is 0.380. The molecule has 0 fully saturated rings. The molecule has 0 aliphatic carbocycles. The predicted molar refractivity (Wildman–Crippen MR) is 30.3 cm³/mol. The van der Waals surface area contributed by atoms with Crippen LogP contribution in [0.3, 0.4) is 0 Å². The average molecular weight is 101 g/mol. The third kappa shape index (κ3) is 3.80. The highest BCUT2D eigenvalue weighted by atomic mass is 16.3. The Morgan fingerprint density at radius 3 is 2.43 bits per heavy atom. The maximum atomic E-state index is 8.34. The summed E-state index contributed by atoms with van der Waals surface area (Å²) in [7, 11) is 0. The van der Waals surface area contributed by atoms with Gasteiger partial charge in [-0.1, -0.05) is 20.3 Å². The minimum Gasteiger partial charge on any atom is -0.390 e. The zero-order valence-corrected chi connectivity index (χ0v) is 5.02. The van der Waals surface area contributed by atoms with E-state index in [2.05, 4.69) is 6.92 Å². The zero-order chi connectivity index (χ0) is 5.70. The molecule has 1 heteroatoms. The van der Waals surface area contributed by atoms with Gasteiger partial charge in [0.2, 0.25) is 0 Å². The van der Waals surface area contributed by atoms with E-state index in [9.17, 15) is 0 Å². The van der Waals surface area contributed by atoms with Crippen LogP contribution in [0.5, 0.6) is 0 Å². The summed E-state index contributed by atoms with van der Waals surface area (Å²) >= 11 is 0. The van der Waals surface area contributed by atoms with Crippen molar-refractivity contribution in [2.45, 2.75) is 26.7 Å². The number of aliphatic hydroxyl groups is 1. The van der Waals surface area contributed by atoms with Gasteiger partial charge in [-0.2, -0.15) is 0 Å². The second-order valence-corrected chi connectivity index (χ2v) is 1.92. The Balaban J connectivity index is 2.83. The lowest BCUT2D eigenvalue weighted by molar-refractivity contribution is 0.316. The summed E-state index contributed by atoms with van der Waals surface area (Å²) in [6, 6.07) is 0. The lowest BCUT2D eigenvalue weighted by Crippen LogP contribution is -1.91. The second kappa shape index (κ2) is 4.13. The molecule has 0 aromatic rings. The largest absolute Gasteiger partial charge is 0.390 e. The number of hydrogen-bond acceptors (Lipinski definition) is 1. The Labute approximate surface area is 45.4 Å². The molecule has 1 atom stereocenters. The van der Waals surface area contributed by atoms with Crippen LogP contribution in [0.2, 0.25) is 0 Å². The molecule has 0 saturated carbocycles. The highest BCUT2D eigenvalue weighted by molar-refractivity contribution is 4.57. The molecule has 7 heavy (non-hydrogen) atoms. The maximum absolute atomic E-state index is 8.34. The molecule has 0 bridgehead atoms. The number of rotatable bonds is 3. The molecule has 0 aromatic carbocycles. The van der Waals surface area contributed by atoms with Crippen LogP contribution in [0.25, 0.3) is 0 Å². The van der Waals surface area contributed by atoms with Gasteiger partial charge in [-0.15, -0.1) is 0 Å². The maximum Gasteiger partial charge on any atom is 0.0827 e. The molecule has 0 aromatic heterocycles. The van der Waals surface area contributed by atoms with Crippen molar-refractivity contribution in [2.24, 2.45) is 5.92 Å². The summed E-state index contributed by atoms with van der Waals surface area (Å²) in [6.45, 7) is 5.37. The first-order valence-electron chi connectivity index (χ1n) is 2.78. The molecular formula is C6H13O. The van der Waals surface area contributed by atoms with Crippen molar-refractivity contribution in [3.05, 3.63) is 6.61 Å². The first-order valence-corrected chi connectivity index (χ1v) is 2.78. The Hall–Kier alpha value is -0.0400. The smallest absolute Gasteiger partial charge is 0.0827 e. The Bertz CT molecular complexity index is 35.2. The first kappa shape index (κ1) is 6.96. The Kier molecular flexibility index (Phi) is 4.10. The summed E-state index contributed by atoms with van der Waals surface area (Å²) in [4.78, 5) is 0. The van der Waals surface area contributed by atoms with E-state index in [1.165, 1.54) is 6.61 Å². The van der Waals surface area contributed by atoms with Crippen LogP contribution in [-0.4, -0.2) is 5.11 Å². The van der Waals surface area contributed by atoms with Crippen LogP contribution in [0.4, 0.5) is 0 Å². The lowest BCUT2D eigenvalue weighted by Gasteiger charge is -2.00. The van der Waals surface area contributed by atoms with Gasteiger partial charge in [0.25, 0.3) is 0 Å². The SMILES string of the molecule is CCCC(C)[CH]O. The van der Waals surface area contributed by atoms with Crippen molar-refractivity contribution in [1.82, 2.24) is 0 Å². The molecule has 1 N–H and O–H groups in total. The second-order valence-electron chi connectivity index (χ2n) is 1.92. The van der Waals surface area contributed by atoms with Crippen molar-refractivity contribution in [3.8, 4) is 0 Å². The molecule has 43 valence electrons. The monoisotopic (exact) mass is 101 g/mol. The third-order valence-electron chi connectivity index (χ3n) is 0.998. The molecule has 0 amide bonds. The standard InChI is InChI=1S/C6H13O/c1-3-4-6(2)5-7/h5-7H,3-4H2,1-2H3. The average Bonchev–Trinajstić information content (AvgIpc) is 1.68. The van der Waals surface area contributed by atoms with E-state index in [-0.39, 0.29) is 0 Å². The van der Waals surface area contributed by atoms with Gasteiger partial charge in [0.15, 0.2) is 0 Å². The van der Waals surface area contributed by atoms with Crippen LogP contribution in [-0.2, 0) is 0 Å². The van der Waals surface area contributed by atoms with Gasteiger partial charge in [0.05, 0.1) is 6.61 Å². The molecule has 1 nitrogen and oxygen atoms in total. The molecule has 0 aliphatic heterocycles. The van der Waals surface area contributed by atoms with Gasteiger partial charge in [-0.05, 0) is 12.3 Å². The van der Waals surface area contributed by atoms with E-state index in [4.69, 9.17) is 5.11 Å². The van der Waals surface area contributed by atoms with Crippen LogP contribution in [0.1, 0.15) is 26.7 Å². The molecule has 1 unspecified atom stereocenters. The van der Waals surface area contributed by atoms with E-state index in [1.807, 2.05) is 6.92 Å². The van der Waals surface area contributed by atoms with Gasteiger partial charge in [0, 0.05) is 0 Å². The van der Waals surface area contributed by atoms with E-state index in [1.54, 1.807) is 0 Å². The van der Waals surface area contributed by atoms with E-state index in [0.717, 1.165) is 12.8 Å². The summed E-state index contributed by atoms with van der Waals surface area (Å²) in [5.41, 5.74) is 0. The van der Waals surface area contributed by atoms with E-state index in [0.29, 0.717) is 5.92 Å². The van der Waals surface area contributed by atoms with Crippen LogP contribution in [0, 0.1) is 12.5 Å². The van der Waals surface area contributed by atoms with Crippen LogP contribution < -0.4 is 0 Å². The van der Waals surface area contributed by atoms with Crippen molar-refractivity contribution in [2.75, 3.05) is 0 Å². The number of hydrogen-bond donors (Lipinski definition) is 1. The Morgan fingerprint density at radius 1 is 1.71 bits per heavy atom. The summed E-state index contributed by atoms with van der Waals surface area (Å²) < 4.78 is 0. The first-order chi connectivity index (χ1) is 3.31. The predicted octanol–water partition coefficient (Wildman–Crippen LogP) is 1.96. The summed E-state index contributed by atoms with van der Waals surface area (Å²) in [5, 5.41) is 8.34. The van der Waals surface area contributed by atoms with Gasteiger partial charge < -0.3 is 5.11 Å². The van der Waals surface area contributed by atoms with Crippen molar-refractivity contribution >= 4 is 0 Å². The fraction of sp³-hybridized carbons (Fsp3) is 0.833. The molecular weight excluding hydrogens is 88.1 g/mol. The van der Waals surface area contributed by atoms with Gasteiger partial charge in [-0.3, -0.25) is 0 Å². The van der Waals surface area contributed by atoms with Crippen molar-refractivity contribution in [1.29, 1.82) is 0 Å². The molecule has 0 heterocycles. The van der Waals surface area contributed by atoms with Crippen molar-refractivity contribution in [3.63, 3.8) is 0 Å². The minimum atomic E-state index is 0.380. The molecule has 0 aliphatic rings. The molecule has 0 saturated heterocycles. The fourth-order valence-corrected chi connectivity index (χ4v) is 0.530. The highest BCUT2D eigenvalue weighted by Crippen LogP contribution is 2.04. The summed E-state index contributed by atoms with van der Waals surface area (Å²) in [6.07, 6.45) is 2.24. The zero-order valence-electron chi connectivity index (χ0n) is 5.02. The molecule has 0 spiro atoms. The van der Waals surface area contributed by atoms with Gasteiger partial charge in [0.1, 0.15) is 0 Å². The fourth-order valence-electron chi connectivity index (χ4n) is 0.530. The molecule has 1 radical (unpaired) electrons. The van der Waals surface area contributed by atoms with Crippen LogP contribution >= 0.6 is 0 Å². The van der Waals surface area contributed by atoms with Gasteiger partial charge >= 0.3 is 0 Å². The van der Waals surface area contributed by atoms with Crippen LogP contribution in [0.15, 0.2) is 0 Å². The third-order valence-corrected chi connectivity index (χ3v) is 0.998. The quantitative estimate of drug-likeness (QED) is 0.576. The Morgan fingerprint density at radius 2 is 2.29 bits per heavy atom. The lowest BCUT2D eigenvalue weighted by atomic mass is 10.1. The number of aliphatic hydroxyl groups excluding tert-OH is 1. The van der Waals surface area contributed by atoms with Gasteiger partial charge in [-0.25, -0.2) is 0 Å².